The number of carbonyl (C=O) groups is 1. The summed E-state index contributed by atoms with van der Waals surface area (Å²) in [4.78, 5) is 11.7. The molecule has 3 nitrogen and oxygen atoms in total. The molecule has 0 bridgehead atoms. The molecular weight excluding hydrogens is 200 g/mol. The molecule has 2 N–H and O–H groups in total. The van der Waals surface area contributed by atoms with Crippen LogP contribution in [0.1, 0.15) is 19.8 Å². The van der Waals surface area contributed by atoms with Crippen LogP contribution in [0.2, 0.25) is 0 Å². The highest BCUT2D eigenvalue weighted by molar-refractivity contribution is 5.85. The second-order valence-electron chi connectivity index (χ2n) is 5.05. The third-order valence-corrected chi connectivity index (χ3v) is 3.94. The molecule has 14 heavy (non-hydrogen) atoms. The van der Waals surface area contributed by atoms with Crippen molar-refractivity contribution >= 4 is 18.3 Å². The first-order valence-corrected chi connectivity index (χ1v) is 5.22. The normalized spacial score (nSPS) is 40.8. The maximum atomic E-state index is 11.7. The summed E-state index contributed by atoms with van der Waals surface area (Å²) in [6.07, 6.45) is 2.16. The molecular formula is C10H17ClN2O. The Labute approximate surface area is 90.4 Å². The van der Waals surface area contributed by atoms with Gasteiger partial charge in [-0.2, -0.15) is 0 Å². The van der Waals surface area contributed by atoms with Gasteiger partial charge in [-0.25, -0.2) is 0 Å². The molecule has 1 saturated heterocycles. The summed E-state index contributed by atoms with van der Waals surface area (Å²) in [5.41, 5.74) is 0.00428. The van der Waals surface area contributed by atoms with Gasteiger partial charge in [0.15, 0.2) is 0 Å². The average molecular weight is 217 g/mol. The summed E-state index contributed by atoms with van der Waals surface area (Å²) in [6.45, 7) is 4.28. The van der Waals surface area contributed by atoms with Crippen LogP contribution in [0.5, 0.6) is 0 Å². The summed E-state index contributed by atoms with van der Waals surface area (Å²) in [6, 6.07) is 0.506. The smallest absolute Gasteiger partial charge is 0.226 e. The summed E-state index contributed by atoms with van der Waals surface area (Å²) < 4.78 is 0. The van der Waals surface area contributed by atoms with E-state index in [1.807, 2.05) is 0 Å². The van der Waals surface area contributed by atoms with Crippen LogP contribution in [0.3, 0.4) is 0 Å². The average Bonchev–Trinajstić information content (AvgIpc) is 2.95. The van der Waals surface area contributed by atoms with Gasteiger partial charge < -0.3 is 10.6 Å². The van der Waals surface area contributed by atoms with Crippen LogP contribution in [0.15, 0.2) is 0 Å². The highest BCUT2D eigenvalue weighted by Crippen LogP contribution is 2.47. The predicted molar refractivity (Wildman–Crippen MR) is 56.4 cm³/mol. The monoisotopic (exact) mass is 216 g/mol. The minimum Gasteiger partial charge on any atom is -0.352 e. The molecule has 1 heterocycles. The Morgan fingerprint density at radius 2 is 1.93 bits per heavy atom. The third kappa shape index (κ3) is 1.43. The van der Waals surface area contributed by atoms with Crippen molar-refractivity contribution in [1.29, 1.82) is 0 Å². The number of amides is 1. The molecule has 1 amide bonds. The fourth-order valence-corrected chi connectivity index (χ4v) is 2.37. The van der Waals surface area contributed by atoms with Gasteiger partial charge in [-0.05, 0) is 24.7 Å². The molecule has 0 aromatic rings. The van der Waals surface area contributed by atoms with E-state index in [4.69, 9.17) is 0 Å². The lowest BCUT2D eigenvalue weighted by molar-refractivity contribution is -0.126. The Balaban J connectivity index is 0.000000750. The minimum atomic E-state index is 0. The van der Waals surface area contributed by atoms with Gasteiger partial charge in [-0.1, -0.05) is 6.92 Å². The molecule has 3 aliphatic rings. The van der Waals surface area contributed by atoms with E-state index in [1.165, 1.54) is 0 Å². The van der Waals surface area contributed by atoms with Crippen molar-refractivity contribution < 1.29 is 4.79 Å². The number of rotatable bonds is 2. The Kier molecular flexibility index (Phi) is 2.27. The van der Waals surface area contributed by atoms with Gasteiger partial charge in [0.25, 0.3) is 0 Å². The van der Waals surface area contributed by atoms with Crippen molar-refractivity contribution in [3.63, 3.8) is 0 Å². The first-order chi connectivity index (χ1) is 6.21. The molecule has 1 unspecified atom stereocenters. The maximum absolute atomic E-state index is 11.7. The molecule has 1 aliphatic heterocycles. The van der Waals surface area contributed by atoms with Crippen molar-refractivity contribution in [2.45, 2.75) is 25.8 Å². The van der Waals surface area contributed by atoms with Crippen molar-refractivity contribution in [2.24, 2.45) is 17.3 Å². The SMILES string of the molecule is CC1(C(=O)NC2[C@H]3CNC[C@@H]23)CC1.Cl. The van der Waals surface area contributed by atoms with Crippen molar-refractivity contribution in [2.75, 3.05) is 13.1 Å². The van der Waals surface area contributed by atoms with Crippen LogP contribution in [0.25, 0.3) is 0 Å². The molecule has 80 valence electrons. The molecule has 0 radical (unpaired) electrons. The fraction of sp³-hybridized carbons (Fsp3) is 0.900. The Bertz CT molecular complexity index is 255. The Hall–Kier alpha value is -0.280. The van der Waals surface area contributed by atoms with Gasteiger partial charge in [0, 0.05) is 24.5 Å². The van der Waals surface area contributed by atoms with Crippen molar-refractivity contribution in [3.05, 3.63) is 0 Å². The number of hydrogen-bond donors (Lipinski definition) is 2. The second kappa shape index (κ2) is 3.11. The molecule has 2 saturated carbocycles. The van der Waals surface area contributed by atoms with E-state index in [9.17, 15) is 4.79 Å². The Morgan fingerprint density at radius 3 is 2.43 bits per heavy atom. The van der Waals surface area contributed by atoms with E-state index in [2.05, 4.69) is 17.6 Å². The molecule has 2 aliphatic carbocycles. The fourth-order valence-electron chi connectivity index (χ4n) is 2.37. The number of hydrogen-bond acceptors (Lipinski definition) is 2. The first-order valence-electron chi connectivity index (χ1n) is 5.22. The lowest BCUT2D eigenvalue weighted by Gasteiger charge is -2.11. The van der Waals surface area contributed by atoms with E-state index < -0.39 is 0 Å². The number of piperidine rings is 1. The van der Waals surface area contributed by atoms with E-state index in [0.717, 1.165) is 37.8 Å². The van der Waals surface area contributed by atoms with Gasteiger partial charge in [-0.3, -0.25) is 4.79 Å². The molecule has 3 atom stereocenters. The standard InChI is InChI=1S/C10H16N2O.ClH/c1-10(2-3-10)9(13)12-8-6-4-11-5-7(6)8;/h6-8,11H,2-5H2,1H3,(H,12,13);1H/t6-,7+,8?;. The van der Waals surface area contributed by atoms with E-state index >= 15 is 0 Å². The number of halogens is 1. The quantitative estimate of drug-likeness (QED) is 0.708. The topological polar surface area (TPSA) is 41.1 Å². The number of nitrogens with one attached hydrogen (secondary N) is 2. The van der Waals surface area contributed by atoms with Crippen LogP contribution in [-0.2, 0) is 4.79 Å². The third-order valence-electron chi connectivity index (χ3n) is 3.94. The largest absolute Gasteiger partial charge is 0.352 e. The van der Waals surface area contributed by atoms with Gasteiger partial charge in [0.05, 0.1) is 0 Å². The molecule has 4 heteroatoms. The zero-order chi connectivity index (χ0) is 9.05. The highest BCUT2D eigenvalue weighted by atomic mass is 35.5. The Morgan fingerprint density at radius 1 is 1.36 bits per heavy atom. The van der Waals surface area contributed by atoms with Crippen LogP contribution in [0, 0.1) is 17.3 Å². The summed E-state index contributed by atoms with van der Waals surface area (Å²) in [7, 11) is 0. The van der Waals surface area contributed by atoms with Gasteiger partial charge in [0.1, 0.15) is 0 Å². The lowest BCUT2D eigenvalue weighted by Crippen LogP contribution is -2.36. The zero-order valence-corrected chi connectivity index (χ0v) is 9.19. The number of carbonyl (C=O) groups excluding carboxylic acids is 1. The molecule has 3 fully saturated rings. The van der Waals surface area contributed by atoms with Crippen molar-refractivity contribution in [1.82, 2.24) is 10.6 Å². The summed E-state index contributed by atoms with van der Waals surface area (Å²) >= 11 is 0. The van der Waals surface area contributed by atoms with Gasteiger partial charge in [-0.15, -0.1) is 12.4 Å². The van der Waals surface area contributed by atoms with E-state index in [1.54, 1.807) is 0 Å². The van der Waals surface area contributed by atoms with E-state index in [0.29, 0.717) is 11.9 Å². The van der Waals surface area contributed by atoms with Gasteiger partial charge in [0.2, 0.25) is 5.91 Å². The first kappa shape index (κ1) is 10.2. The van der Waals surface area contributed by atoms with Crippen LogP contribution >= 0.6 is 12.4 Å². The lowest BCUT2D eigenvalue weighted by atomic mass is 10.1. The summed E-state index contributed by atoms with van der Waals surface area (Å²) in [5, 5.41) is 6.51. The zero-order valence-electron chi connectivity index (χ0n) is 8.38. The second-order valence-corrected chi connectivity index (χ2v) is 5.05. The van der Waals surface area contributed by atoms with Crippen LogP contribution < -0.4 is 10.6 Å². The molecule has 0 spiro atoms. The minimum absolute atomic E-state index is 0. The molecule has 3 rings (SSSR count). The molecule has 0 aromatic carbocycles. The van der Waals surface area contributed by atoms with Gasteiger partial charge >= 0.3 is 0 Å². The molecule has 0 aromatic heterocycles. The maximum Gasteiger partial charge on any atom is 0.226 e. The van der Waals surface area contributed by atoms with Crippen LogP contribution in [0.4, 0.5) is 0 Å². The number of fused-ring (bicyclic) bond motifs is 1. The predicted octanol–water partition coefficient (Wildman–Crippen LogP) is 0.542. The highest BCUT2D eigenvalue weighted by Gasteiger charge is 2.56. The summed E-state index contributed by atoms with van der Waals surface area (Å²) in [5.74, 6) is 1.78. The van der Waals surface area contributed by atoms with E-state index in [-0.39, 0.29) is 17.8 Å². The van der Waals surface area contributed by atoms with Crippen molar-refractivity contribution in [3.8, 4) is 0 Å². The van der Waals surface area contributed by atoms with Crippen LogP contribution in [-0.4, -0.2) is 25.0 Å².